The van der Waals surface area contributed by atoms with Crippen LogP contribution < -0.4 is 5.73 Å². The Hall–Kier alpha value is -1.32. The molecule has 2 rings (SSSR count). The molecule has 3 nitrogen and oxygen atoms in total. The third-order valence-electron chi connectivity index (χ3n) is 2.45. The van der Waals surface area contributed by atoms with Crippen LogP contribution in [-0.2, 0) is 6.54 Å². The van der Waals surface area contributed by atoms with Gasteiger partial charge < -0.3 is 5.73 Å². The minimum atomic E-state index is 0. The van der Waals surface area contributed by atoms with E-state index >= 15 is 0 Å². The molecule has 0 aliphatic heterocycles. The third-order valence-corrected chi connectivity index (χ3v) is 2.45. The quantitative estimate of drug-likeness (QED) is 0.872. The zero-order valence-corrected chi connectivity index (χ0v) is 10.3. The molecule has 0 amide bonds. The first-order valence-corrected chi connectivity index (χ1v) is 5.04. The van der Waals surface area contributed by atoms with Crippen LogP contribution in [0.2, 0.25) is 0 Å². The van der Waals surface area contributed by atoms with Gasteiger partial charge in [-0.3, -0.25) is 0 Å². The van der Waals surface area contributed by atoms with Gasteiger partial charge in [0.25, 0.3) is 0 Å². The number of hydrogen-bond acceptors (Lipinski definition) is 2. The topological polar surface area (TPSA) is 43.8 Å². The molecule has 1 aromatic carbocycles. The molecule has 0 aliphatic rings. The predicted molar refractivity (Wildman–Crippen MR) is 68.2 cm³/mol. The minimum Gasteiger partial charge on any atom is -0.326 e. The summed E-state index contributed by atoms with van der Waals surface area (Å²) >= 11 is 0. The van der Waals surface area contributed by atoms with E-state index in [-0.39, 0.29) is 12.4 Å². The maximum Gasteiger partial charge on any atom is 0.0693 e. The molecule has 0 radical (unpaired) electrons. The van der Waals surface area contributed by atoms with Crippen molar-refractivity contribution in [3.8, 4) is 5.69 Å². The van der Waals surface area contributed by atoms with Crippen LogP contribution in [0.4, 0.5) is 0 Å². The first-order chi connectivity index (χ1) is 7.22. The number of halogens is 1. The molecule has 0 fully saturated rings. The maximum atomic E-state index is 5.70. The molecule has 1 heterocycles. The van der Waals surface area contributed by atoms with Crippen LogP contribution in [0.5, 0.6) is 0 Å². The third kappa shape index (κ3) is 2.26. The summed E-state index contributed by atoms with van der Waals surface area (Å²) < 4.78 is 1.94. The Morgan fingerprint density at radius 1 is 1.25 bits per heavy atom. The Kier molecular flexibility index (Phi) is 4.10. The van der Waals surface area contributed by atoms with Crippen molar-refractivity contribution in [3.05, 3.63) is 47.3 Å². The smallest absolute Gasteiger partial charge is 0.0693 e. The van der Waals surface area contributed by atoms with Gasteiger partial charge in [0.05, 0.1) is 11.4 Å². The molecule has 2 aromatic rings. The monoisotopic (exact) mass is 237 g/mol. The highest BCUT2D eigenvalue weighted by molar-refractivity contribution is 5.85. The molecule has 16 heavy (non-hydrogen) atoms. The summed E-state index contributed by atoms with van der Waals surface area (Å²) in [5, 5.41) is 4.45. The summed E-state index contributed by atoms with van der Waals surface area (Å²) in [6.07, 6.45) is 0. The predicted octanol–water partition coefficient (Wildman–Crippen LogP) is 2.37. The fourth-order valence-electron chi connectivity index (χ4n) is 1.76. The second-order valence-corrected chi connectivity index (χ2v) is 3.67. The first kappa shape index (κ1) is 12.7. The molecule has 86 valence electrons. The van der Waals surface area contributed by atoms with Crippen molar-refractivity contribution in [1.29, 1.82) is 0 Å². The van der Waals surface area contributed by atoms with Gasteiger partial charge in [-0.1, -0.05) is 18.2 Å². The van der Waals surface area contributed by atoms with E-state index < -0.39 is 0 Å². The Morgan fingerprint density at radius 2 is 1.94 bits per heavy atom. The van der Waals surface area contributed by atoms with E-state index in [9.17, 15) is 0 Å². The SMILES string of the molecule is Cc1cc(C)n(-c2ccccc2CN)n1.Cl. The van der Waals surface area contributed by atoms with Gasteiger partial charge in [-0.15, -0.1) is 12.4 Å². The molecule has 0 aliphatic carbocycles. The molecular weight excluding hydrogens is 222 g/mol. The van der Waals surface area contributed by atoms with Gasteiger partial charge >= 0.3 is 0 Å². The van der Waals surface area contributed by atoms with E-state index in [1.165, 1.54) is 0 Å². The number of aromatic nitrogens is 2. The van der Waals surface area contributed by atoms with Crippen molar-refractivity contribution in [2.75, 3.05) is 0 Å². The van der Waals surface area contributed by atoms with Crippen LogP contribution in [-0.4, -0.2) is 9.78 Å². The molecule has 0 saturated heterocycles. The van der Waals surface area contributed by atoms with Gasteiger partial charge in [0, 0.05) is 12.2 Å². The molecule has 0 spiro atoms. The Bertz CT molecular complexity index is 477. The van der Waals surface area contributed by atoms with Crippen molar-refractivity contribution in [3.63, 3.8) is 0 Å². The van der Waals surface area contributed by atoms with Crippen molar-refractivity contribution in [2.24, 2.45) is 5.73 Å². The second-order valence-electron chi connectivity index (χ2n) is 3.67. The molecule has 1 aromatic heterocycles. The van der Waals surface area contributed by atoms with Gasteiger partial charge in [-0.25, -0.2) is 4.68 Å². The summed E-state index contributed by atoms with van der Waals surface area (Å²) in [5.41, 5.74) is 10.1. The lowest BCUT2D eigenvalue weighted by atomic mass is 10.2. The lowest BCUT2D eigenvalue weighted by Crippen LogP contribution is -2.06. The Morgan fingerprint density at radius 3 is 2.50 bits per heavy atom. The average molecular weight is 238 g/mol. The number of hydrogen-bond donors (Lipinski definition) is 1. The number of rotatable bonds is 2. The number of aryl methyl sites for hydroxylation is 2. The van der Waals surface area contributed by atoms with Gasteiger partial charge in [0.15, 0.2) is 0 Å². The van der Waals surface area contributed by atoms with Crippen LogP contribution in [0.15, 0.2) is 30.3 Å². The molecule has 0 bridgehead atoms. The molecule has 2 N–H and O–H groups in total. The van der Waals surface area contributed by atoms with E-state index in [0.29, 0.717) is 6.54 Å². The minimum absolute atomic E-state index is 0. The second kappa shape index (κ2) is 5.14. The standard InChI is InChI=1S/C12H15N3.ClH/c1-9-7-10(2)15(14-9)12-6-4-3-5-11(12)8-13;/h3-7H,8,13H2,1-2H3;1H. The summed E-state index contributed by atoms with van der Waals surface area (Å²) in [6.45, 7) is 4.58. The normalized spacial score (nSPS) is 9.94. The molecular formula is C12H16ClN3. The number of benzene rings is 1. The highest BCUT2D eigenvalue weighted by atomic mass is 35.5. The van der Waals surface area contributed by atoms with Crippen molar-refractivity contribution >= 4 is 12.4 Å². The van der Waals surface area contributed by atoms with E-state index in [1.807, 2.05) is 42.8 Å². The zero-order valence-electron chi connectivity index (χ0n) is 9.47. The van der Waals surface area contributed by atoms with Crippen molar-refractivity contribution in [1.82, 2.24) is 9.78 Å². The lowest BCUT2D eigenvalue weighted by Gasteiger charge is -2.09. The fraction of sp³-hybridized carbons (Fsp3) is 0.250. The van der Waals surface area contributed by atoms with Crippen LogP contribution in [0, 0.1) is 13.8 Å². The summed E-state index contributed by atoms with van der Waals surface area (Å²) in [6, 6.07) is 10.1. The van der Waals surface area contributed by atoms with Crippen LogP contribution in [0.1, 0.15) is 17.0 Å². The van der Waals surface area contributed by atoms with Gasteiger partial charge in [0.2, 0.25) is 0 Å². The molecule has 4 heteroatoms. The Labute approximate surface area is 102 Å². The van der Waals surface area contributed by atoms with Gasteiger partial charge in [-0.2, -0.15) is 5.10 Å². The first-order valence-electron chi connectivity index (χ1n) is 5.04. The van der Waals surface area contributed by atoms with E-state index in [2.05, 4.69) is 11.2 Å². The largest absolute Gasteiger partial charge is 0.326 e. The van der Waals surface area contributed by atoms with Crippen LogP contribution in [0.3, 0.4) is 0 Å². The summed E-state index contributed by atoms with van der Waals surface area (Å²) in [5.74, 6) is 0. The van der Waals surface area contributed by atoms with E-state index in [0.717, 1.165) is 22.6 Å². The van der Waals surface area contributed by atoms with E-state index in [4.69, 9.17) is 5.73 Å². The van der Waals surface area contributed by atoms with Crippen LogP contribution >= 0.6 is 12.4 Å². The number of para-hydroxylation sites is 1. The maximum absolute atomic E-state index is 5.70. The van der Waals surface area contributed by atoms with Crippen molar-refractivity contribution in [2.45, 2.75) is 20.4 Å². The van der Waals surface area contributed by atoms with Crippen LogP contribution in [0.25, 0.3) is 5.69 Å². The highest BCUT2D eigenvalue weighted by Crippen LogP contribution is 2.16. The van der Waals surface area contributed by atoms with Gasteiger partial charge in [-0.05, 0) is 31.5 Å². The summed E-state index contributed by atoms with van der Waals surface area (Å²) in [7, 11) is 0. The average Bonchev–Trinajstić information content (AvgIpc) is 2.57. The molecule has 0 saturated carbocycles. The highest BCUT2D eigenvalue weighted by Gasteiger charge is 2.06. The molecule has 0 atom stereocenters. The van der Waals surface area contributed by atoms with Gasteiger partial charge in [0.1, 0.15) is 0 Å². The number of nitrogens with two attached hydrogens (primary N) is 1. The fourth-order valence-corrected chi connectivity index (χ4v) is 1.76. The zero-order chi connectivity index (χ0) is 10.8. The summed E-state index contributed by atoms with van der Waals surface area (Å²) in [4.78, 5) is 0. The van der Waals surface area contributed by atoms with E-state index in [1.54, 1.807) is 0 Å². The molecule has 0 unspecified atom stereocenters. The number of nitrogens with zero attached hydrogens (tertiary/aromatic N) is 2. The Balaban J connectivity index is 0.00000128. The lowest BCUT2D eigenvalue weighted by molar-refractivity contribution is 0.818. The van der Waals surface area contributed by atoms with Crippen molar-refractivity contribution < 1.29 is 0 Å².